The summed E-state index contributed by atoms with van der Waals surface area (Å²) < 4.78 is 10.8. The topological polar surface area (TPSA) is 76.1 Å². The predicted molar refractivity (Wildman–Crippen MR) is 73.5 cm³/mol. The summed E-state index contributed by atoms with van der Waals surface area (Å²) in [6.07, 6.45) is 3.07. The van der Waals surface area contributed by atoms with Crippen LogP contribution < -0.4 is 0 Å². The Hall–Kier alpha value is -1.14. The highest BCUT2D eigenvalue weighted by atomic mass is 16.5. The largest absolute Gasteiger partial charge is 0.481 e. The summed E-state index contributed by atoms with van der Waals surface area (Å²) >= 11 is 0. The molecule has 0 aromatic heterocycles. The van der Waals surface area contributed by atoms with E-state index in [4.69, 9.17) is 14.6 Å². The van der Waals surface area contributed by atoms with Crippen molar-refractivity contribution in [3.05, 3.63) is 0 Å². The van der Waals surface area contributed by atoms with Crippen LogP contribution in [0.3, 0.4) is 0 Å². The van der Waals surface area contributed by atoms with Gasteiger partial charge < -0.3 is 19.5 Å². The first-order valence-corrected chi connectivity index (χ1v) is 7.32. The van der Waals surface area contributed by atoms with E-state index in [9.17, 15) is 9.59 Å². The molecule has 1 rings (SSSR count). The molecule has 6 heteroatoms. The molecule has 0 atom stereocenters. The van der Waals surface area contributed by atoms with E-state index in [1.807, 2.05) is 11.8 Å². The summed E-state index contributed by atoms with van der Waals surface area (Å²) in [4.78, 5) is 24.1. The summed E-state index contributed by atoms with van der Waals surface area (Å²) in [5, 5.41) is 8.53. The number of nitrogens with zero attached hydrogens (tertiary/aromatic N) is 1. The van der Waals surface area contributed by atoms with Gasteiger partial charge in [0, 0.05) is 19.7 Å². The summed E-state index contributed by atoms with van der Waals surface area (Å²) in [7, 11) is 0. The van der Waals surface area contributed by atoms with Crippen LogP contribution in [0.25, 0.3) is 0 Å². The first-order valence-electron chi connectivity index (χ1n) is 7.32. The van der Waals surface area contributed by atoms with Gasteiger partial charge in [0.2, 0.25) is 5.91 Å². The molecule has 0 unspecified atom stereocenters. The van der Waals surface area contributed by atoms with Crippen LogP contribution in [0.15, 0.2) is 0 Å². The number of carbonyl (C=O) groups excluding carboxylic acids is 1. The Balaban J connectivity index is 2.11. The first kappa shape index (κ1) is 16.9. The molecular weight excluding hydrogens is 262 g/mol. The first-order chi connectivity index (χ1) is 9.63. The summed E-state index contributed by atoms with van der Waals surface area (Å²) in [5.41, 5.74) is 0. The molecule has 6 nitrogen and oxygen atoms in total. The van der Waals surface area contributed by atoms with Crippen LogP contribution in [-0.4, -0.2) is 60.9 Å². The molecule has 1 fully saturated rings. The fourth-order valence-corrected chi connectivity index (χ4v) is 2.15. The Labute approximate surface area is 120 Å². The third kappa shape index (κ3) is 6.86. The lowest BCUT2D eigenvalue weighted by Gasteiger charge is -2.32. The van der Waals surface area contributed by atoms with Crippen molar-refractivity contribution in [1.82, 2.24) is 4.90 Å². The smallest absolute Gasteiger partial charge is 0.305 e. The van der Waals surface area contributed by atoms with Crippen LogP contribution in [0, 0.1) is 0 Å². The molecule has 0 aromatic rings. The normalized spacial score (nSPS) is 16.4. The van der Waals surface area contributed by atoms with E-state index in [2.05, 4.69) is 0 Å². The van der Waals surface area contributed by atoms with E-state index in [0.29, 0.717) is 32.7 Å². The van der Waals surface area contributed by atoms with Gasteiger partial charge in [-0.25, -0.2) is 0 Å². The number of rotatable bonds is 9. The van der Waals surface area contributed by atoms with Gasteiger partial charge in [0.25, 0.3) is 0 Å². The third-order valence-electron chi connectivity index (χ3n) is 3.27. The average Bonchev–Trinajstić information content (AvgIpc) is 2.44. The molecule has 1 aliphatic rings. The van der Waals surface area contributed by atoms with Crippen LogP contribution in [0.5, 0.6) is 0 Å². The number of hydrogen-bond donors (Lipinski definition) is 1. The highest BCUT2D eigenvalue weighted by Crippen LogP contribution is 2.14. The lowest BCUT2D eigenvalue weighted by molar-refractivity contribution is -0.139. The zero-order valence-electron chi connectivity index (χ0n) is 12.2. The maximum absolute atomic E-state index is 11.9. The number of carbonyl (C=O) groups is 2. The number of ether oxygens (including phenoxy) is 2. The van der Waals surface area contributed by atoms with Gasteiger partial charge in [-0.2, -0.15) is 0 Å². The van der Waals surface area contributed by atoms with Crippen molar-refractivity contribution in [3.8, 4) is 0 Å². The number of aliphatic carboxylic acids is 1. The van der Waals surface area contributed by atoms with Gasteiger partial charge in [-0.3, -0.25) is 9.59 Å². The molecule has 1 heterocycles. The van der Waals surface area contributed by atoms with Crippen molar-refractivity contribution in [2.45, 2.75) is 45.1 Å². The molecule has 20 heavy (non-hydrogen) atoms. The molecule has 0 aromatic carbocycles. The lowest BCUT2D eigenvalue weighted by atomic mass is 10.1. The van der Waals surface area contributed by atoms with Gasteiger partial charge in [0.05, 0.1) is 32.2 Å². The molecule has 0 radical (unpaired) electrons. The summed E-state index contributed by atoms with van der Waals surface area (Å²) in [5.74, 6) is -0.713. The molecule has 0 spiro atoms. The van der Waals surface area contributed by atoms with E-state index >= 15 is 0 Å². The number of likely N-dealkylation sites (tertiary alicyclic amines) is 1. The summed E-state index contributed by atoms with van der Waals surface area (Å²) in [6.45, 7) is 4.85. The molecule has 0 saturated carbocycles. The second kappa shape index (κ2) is 9.72. The zero-order chi connectivity index (χ0) is 14.8. The standard InChI is InChI=1S/C14H25NO5/c1-2-9-19-10-5-13(16)15-7-3-12(4-8-15)20-11-6-14(17)18/h12H,2-11H2,1H3,(H,17,18). The van der Waals surface area contributed by atoms with Crippen molar-refractivity contribution < 1.29 is 24.2 Å². The van der Waals surface area contributed by atoms with Crippen LogP contribution in [0.2, 0.25) is 0 Å². The van der Waals surface area contributed by atoms with E-state index in [0.717, 1.165) is 19.3 Å². The second-order valence-corrected chi connectivity index (χ2v) is 4.96. The average molecular weight is 287 g/mol. The molecule has 1 saturated heterocycles. The van der Waals surface area contributed by atoms with E-state index in [1.54, 1.807) is 0 Å². The monoisotopic (exact) mass is 287 g/mol. The molecule has 1 aliphatic heterocycles. The second-order valence-electron chi connectivity index (χ2n) is 4.96. The Kier molecular flexibility index (Phi) is 8.22. The fourth-order valence-electron chi connectivity index (χ4n) is 2.15. The van der Waals surface area contributed by atoms with Crippen molar-refractivity contribution in [2.75, 3.05) is 32.9 Å². The van der Waals surface area contributed by atoms with Gasteiger partial charge in [-0.15, -0.1) is 0 Å². The molecular formula is C14H25NO5. The zero-order valence-corrected chi connectivity index (χ0v) is 12.2. The number of carboxylic acids is 1. The van der Waals surface area contributed by atoms with Crippen LogP contribution >= 0.6 is 0 Å². The number of piperidine rings is 1. The van der Waals surface area contributed by atoms with E-state index in [-0.39, 0.29) is 25.0 Å². The van der Waals surface area contributed by atoms with Gasteiger partial charge in [-0.05, 0) is 19.3 Å². The number of carboxylic acid groups (broad SMARTS) is 1. The van der Waals surface area contributed by atoms with Crippen LogP contribution in [-0.2, 0) is 19.1 Å². The quantitative estimate of drug-likeness (QED) is 0.647. The predicted octanol–water partition coefficient (Wildman–Crippen LogP) is 1.29. The minimum atomic E-state index is -0.843. The van der Waals surface area contributed by atoms with Crippen LogP contribution in [0.1, 0.15) is 39.0 Å². The molecule has 1 N–H and O–H groups in total. The van der Waals surface area contributed by atoms with Crippen molar-refractivity contribution in [2.24, 2.45) is 0 Å². The van der Waals surface area contributed by atoms with E-state index in [1.165, 1.54) is 0 Å². The van der Waals surface area contributed by atoms with Crippen molar-refractivity contribution in [1.29, 1.82) is 0 Å². The molecule has 1 amide bonds. The Morgan fingerprint density at radius 3 is 2.45 bits per heavy atom. The molecule has 0 aliphatic carbocycles. The maximum atomic E-state index is 11.9. The minimum absolute atomic E-state index is 0.0356. The molecule has 0 bridgehead atoms. The Bertz CT molecular complexity index is 300. The van der Waals surface area contributed by atoms with Crippen molar-refractivity contribution in [3.63, 3.8) is 0 Å². The maximum Gasteiger partial charge on any atom is 0.305 e. The van der Waals surface area contributed by atoms with Gasteiger partial charge in [-0.1, -0.05) is 6.92 Å². The minimum Gasteiger partial charge on any atom is -0.481 e. The number of hydrogen-bond acceptors (Lipinski definition) is 4. The third-order valence-corrected chi connectivity index (χ3v) is 3.27. The Morgan fingerprint density at radius 2 is 1.85 bits per heavy atom. The van der Waals surface area contributed by atoms with Gasteiger partial charge in [0.1, 0.15) is 0 Å². The summed E-state index contributed by atoms with van der Waals surface area (Å²) in [6, 6.07) is 0. The van der Waals surface area contributed by atoms with Crippen molar-refractivity contribution >= 4 is 11.9 Å². The van der Waals surface area contributed by atoms with Crippen LogP contribution in [0.4, 0.5) is 0 Å². The lowest BCUT2D eigenvalue weighted by Crippen LogP contribution is -2.41. The highest BCUT2D eigenvalue weighted by molar-refractivity contribution is 5.76. The highest BCUT2D eigenvalue weighted by Gasteiger charge is 2.22. The Morgan fingerprint density at radius 1 is 1.15 bits per heavy atom. The molecule has 116 valence electrons. The fraction of sp³-hybridized carbons (Fsp3) is 0.857. The number of amides is 1. The van der Waals surface area contributed by atoms with Gasteiger partial charge in [0.15, 0.2) is 0 Å². The van der Waals surface area contributed by atoms with Gasteiger partial charge >= 0.3 is 5.97 Å². The SMILES string of the molecule is CCCOCCC(=O)N1CCC(OCCC(=O)O)CC1. The van der Waals surface area contributed by atoms with E-state index < -0.39 is 5.97 Å².